The first-order chi connectivity index (χ1) is 15.3. The number of hydrogen-bond acceptors (Lipinski definition) is 8. The number of carbonyl (C=O) groups excluding carboxylic acids is 1. The predicted octanol–water partition coefficient (Wildman–Crippen LogP) is 1.27. The molecule has 0 bridgehead atoms. The number of ether oxygens (including phenoxy) is 1. The first-order valence-electron chi connectivity index (χ1n) is 9.57. The zero-order valence-electron chi connectivity index (χ0n) is 17.1. The van der Waals surface area contributed by atoms with Crippen LogP contribution < -0.4 is 21.5 Å². The van der Waals surface area contributed by atoms with Gasteiger partial charge in [0.25, 0.3) is 15.9 Å². The molecule has 0 radical (unpaired) electrons. The average molecular weight is 461 g/mol. The van der Waals surface area contributed by atoms with Crippen molar-refractivity contribution in [2.24, 2.45) is 16.5 Å². The number of aliphatic imine (C=N–C) groups is 1. The van der Waals surface area contributed by atoms with Crippen molar-refractivity contribution in [3.8, 4) is 17.7 Å². The van der Waals surface area contributed by atoms with Crippen LogP contribution in [-0.4, -0.2) is 42.5 Å². The van der Waals surface area contributed by atoms with E-state index >= 15 is 0 Å². The van der Waals surface area contributed by atoms with Crippen molar-refractivity contribution in [1.82, 2.24) is 9.79 Å². The predicted molar refractivity (Wildman–Crippen MR) is 116 cm³/mol. The van der Waals surface area contributed by atoms with Gasteiger partial charge in [-0.15, -0.1) is 4.47 Å². The minimum atomic E-state index is -4.50. The Balaban J connectivity index is 1.92. The molecule has 0 saturated carbocycles. The van der Waals surface area contributed by atoms with Crippen LogP contribution in [0.1, 0.15) is 19.3 Å². The van der Waals surface area contributed by atoms with E-state index in [1.165, 1.54) is 24.3 Å². The molecule has 0 aromatic heterocycles. The maximum Gasteiger partial charge on any atom is 0.289 e. The summed E-state index contributed by atoms with van der Waals surface area (Å²) < 4.78 is 30.4. The van der Waals surface area contributed by atoms with Crippen LogP contribution in [0.3, 0.4) is 0 Å². The fourth-order valence-corrected chi connectivity index (χ4v) is 3.61. The number of hydroxylamine groups is 1. The van der Waals surface area contributed by atoms with E-state index in [1.807, 2.05) is 6.07 Å². The molecule has 0 aliphatic heterocycles. The molecule has 1 atom stereocenters. The summed E-state index contributed by atoms with van der Waals surface area (Å²) in [6.07, 6.45) is 2.67. The normalized spacial score (nSPS) is 12.5. The molecule has 2 aromatic rings. The lowest BCUT2D eigenvalue weighted by Gasteiger charge is -2.19. The monoisotopic (exact) mass is 460 g/mol. The Morgan fingerprint density at radius 1 is 1.16 bits per heavy atom. The lowest BCUT2D eigenvalue weighted by Crippen LogP contribution is -2.44. The van der Waals surface area contributed by atoms with Crippen molar-refractivity contribution < 1.29 is 23.2 Å². The van der Waals surface area contributed by atoms with Gasteiger partial charge in [0, 0.05) is 6.54 Å². The van der Waals surface area contributed by atoms with Gasteiger partial charge < -0.3 is 16.2 Å². The number of para-hydroxylation sites is 1. The highest BCUT2D eigenvalue weighted by Gasteiger charge is 2.31. The Morgan fingerprint density at radius 2 is 1.78 bits per heavy atom. The Morgan fingerprint density at radius 3 is 2.41 bits per heavy atom. The summed E-state index contributed by atoms with van der Waals surface area (Å²) in [4.78, 5) is 15.9. The molecular weight excluding hydrogens is 436 g/mol. The molecule has 6 N–H and O–H groups in total. The van der Waals surface area contributed by atoms with Gasteiger partial charge in [0.2, 0.25) is 5.96 Å². The lowest BCUT2D eigenvalue weighted by molar-refractivity contribution is -0.147. The maximum absolute atomic E-state index is 12.6. The molecule has 0 aliphatic carbocycles. The fraction of sp³-hybridized carbons (Fsp3) is 0.250. The van der Waals surface area contributed by atoms with Gasteiger partial charge in [-0.2, -0.15) is 13.7 Å². The van der Waals surface area contributed by atoms with E-state index < -0.39 is 22.0 Å². The Hall–Kier alpha value is -3.66. The van der Waals surface area contributed by atoms with E-state index in [0.29, 0.717) is 30.9 Å². The number of nitrogens with two attached hydrogens (primary N) is 2. The van der Waals surface area contributed by atoms with Crippen LogP contribution in [0, 0.1) is 11.5 Å². The number of unbranched alkanes of at least 4 members (excludes halogenated alkanes) is 1. The Bertz CT molecular complexity index is 1070. The smallest absolute Gasteiger partial charge is 0.289 e. The number of rotatable bonds is 10. The number of nitrogens with zero attached hydrogens (tertiary/aromatic N) is 3. The number of nitriles is 1. The summed E-state index contributed by atoms with van der Waals surface area (Å²) in [5, 5.41) is 20.6. The zero-order chi connectivity index (χ0) is 23.6. The molecule has 0 aliphatic rings. The van der Waals surface area contributed by atoms with Crippen LogP contribution in [0.25, 0.3) is 0 Å². The van der Waals surface area contributed by atoms with Gasteiger partial charge >= 0.3 is 0 Å². The molecule has 0 unspecified atom stereocenters. The number of amides is 1. The largest absolute Gasteiger partial charge is 0.457 e. The molecule has 2 rings (SSSR count). The minimum Gasteiger partial charge on any atom is -0.457 e. The number of hydrogen-bond donors (Lipinski definition) is 4. The molecule has 32 heavy (non-hydrogen) atoms. The molecule has 0 saturated heterocycles. The summed E-state index contributed by atoms with van der Waals surface area (Å²) in [6.45, 7) is 0.292. The quantitative estimate of drug-likeness (QED) is 0.0770. The number of sulfonamides is 1. The third-order valence-corrected chi connectivity index (χ3v) is 5.73. The van der Waals surface area contributed by atoms with Crippen molar-refractivity contribution in [3.05, 3.63) is 54.6 Å². The summed E-state index contributed by atoms with van der Waals surface area (Å²) in [7, 11) is -4.50. The van der Waals surface area contributed by atoms with Gasteiger partial charge in [0.1, 0.15) is 11.5 Å². The third-order valence-electron chi connectivity index (χ3n) is 4.22. The Labute approximate surface area is 185 Å². The van der Waals surface area contributed by atoms with Crippen LogP contribution in [0.4, 0.5) is 0 Å². The molecule has 11 nitrogen and oxygen atoms in total. The van der Waals surface area contributed by atoms with Crippen molar-refractivity contribution in [2.75, 3.05) is 6.54 Å². The molecule has 0 spiro atoms. The molecule has 1 amide bonds. The zero-order valence-corrected chi connectivity index (χ0v) is 17.9. The van der Waals surface area contributed by atoms with Crippen LogP contribution in [-0.2, 0) is 14.8 Å². The van der Waals surface area contributed by atoms with Crippen molar-refractivity contribution in [3.63, 3.8) is 0 Å². The summed E-state index contributed by atoms with van der Waals surface area (Å²) in [6, 6.07) is 12.9. The maximum atomic E-state index is 12.6. The van der Waals surface area contributed by atoms with Crippen LogP contribution in [0.15, 0.2) is 64.5 Å². The van der Waals surface area contributed by atoms with E-state index in [9.17, 15) is 18.4 Å². The minimum absolute atomic E-state index is 0.0271. The topological polar surface area (TPSA) is 184 Å². The van der Waals surface area contributed by atoms with Crippen LogP contribution in [0.5, 0.6) is 11.5 Å². The second kappa shape index (κ2) is 11.7. The number of carbonyl (C=O) groups is 1. The van der Waals surface area contributed by atoms with E-state index in [2.05, 4.69) is 10.3 Å². The summed E-state index contributed by atoms with van der Waals surface area (Å²) >= 11 is 0. The number of guanidine groups is 1. The van der Waals surface area contributed by atoms with E-state index in [4.69, 9.17) is 21.5 Å². The SMILES string of the molecule is N#CNC(N)=NCCCC[C@@H](N)C(=O)N(O)S(=O)(=O)c1ccc(Oc2ccccc2)cc1. The van der Waals surface area contributed by atoms with Gasteiger partial charge in [-0.05, 0) is 55.7 Å². The van der Waals surface area contributed by atoms with Crippen molar-refractivity contribution in [2.45, 2.75) is 30.2 Å². The molecule has 12 heteroatoms. The van der Waals surface area contributed by atoms with Crippen LogP contribution >= 0.6 is 0 Å². The summed E-state index contributed by atoms with van der Waals surface area (Å²) in [5.74, 6) is -0.219. The average Bonchev–Trinajstić information content (AvgIpc) is 2.79. The standard InChI is InChI=1S/C20H24N6O5S/c21-14-25-20(23)24-13-5-4-8-18(22)19(27)26(28)32(29,30)17-11-9-16(10-12-17)31-15-6-2-1-3-7-15/h1-3,6-7,9-12,18,28H,4-5,8,13,22H2,(H3,23,24,25)/t18-/m1/s1. The van der Waals surface area contributed by atoms with Gasteiger partial charge in [-0.25, -0.2) is 0 Å². The first-order valence-corrected chi connectivity index (χ1v) is 11.0. The molecule has 170 valence electrons. The Kier molecular flexibility index (Phi) is 8.96. The molecule has 0 fully saturated rings. The number of nitrogens with one attached hydrogen (secondary N) is 1. The highest BCUT2D eigenvalue weighted by molar-refractivity contribution is 7.89. The summed E-state index contributed by atoms with van der Waals surface area (Å²) in [5.41, 5.74) is 11.1. The van der Waals surface area contributed by atoms with Crippen LogP contribution in [0.2, 0.25) is 0 Å². The fourth-order valence-electron chi connectivity index (χ4n) is 2.56. The van der Waals surface area contributed by atoms with Crippen molar-refractivity contribution in [1.29, 1.82) is 5.26 Å². The third kappa shape index (κ3) is 6.95. The molecule has 2 aromatic carbocycles. The van der Waals surface area contributed by atoms with E-state index in [1.54, 1.807) is 30.5 Å². The van der Waals surface area contributed by atoms with Gasteiger partial charge in [0.15, 0.2) is 6.19 Å². The second-order valence-corrected chi connectivity index (χ2v) is 8.35. The first kappa shape index (κ1) is 24.6. The highest BCUT2D eigenvalue weighted by Crippen LogP contribution is 2.24. The van der Waals surface area contributed by atoms with Gasteiger partial charge in [-0.3, -0.25) is 20.3 Å². The van der Waals surface area contributed by atoms with E-state index in [0.717, 1.165) is 0 Å². The molecular formula is C20H24N6O5S. The van der Waals surface area contributed by atoms with Gasteiger partial charge in [-0.1, -0.05) is 18.2 Å². The second-order valence-electron chi connectivity index (χ2n) is 6.58. The highest BCUT2D eigenvalue weighted by atomic mass is 32.2. The van der Waals surface area contributed by atoms with E-state index in [-0.39, 0.29) is 21.7 Å². The molecule has 0 heterocycles. The lowest BCUT2D eigenvalue weighted by atomic mass is 10.1. The van der Waals surface area contributed by atoms with Gasteiger partial charge in [0.05, 0.1) is 10.9 Å². The number of benzene rings is 2. The van der Waals surface area contributed by atoms with Crippen molar-refractivity contribution >= 4 is 21.9 Å².